The number of anilines is 1. The van der Waals surface area contributed by atoms with Crippen LogP contribution in [0.4, 0.5) is 11.4 Å². The Morgan fingerprint density at radius 1 is 1.19 bits per heavy atom. The van der Waals surface area contributed by atoms with Gasteiger partial charge in [0.25, 0.3) is 0 Å². The minimum Gasteiger partial charge on any atom is -0.376 e. The predicted molar refractivity (Wildman–Crippen MR) is 150 cm³/mol. The van der Waals surface area contributed by atoms with Gasteiger partial charge in [0.1, 0.15) is 6.79 Å². The maximum atomic E-state index is 12.9. The third kappa shape index (κ3) is 11.5. The van der Waals surface area contributed by atoms with Gasteiger partial charge in [0.15, 0.2) is 0 Å². The van der Waals surface area contributed by atoms with Crippen molar-refractivity contribution in [2.75, 3.05) is 32.7 Å². The number of hydrogen-bond donors (Lipinski definition) is 4. The molecule has 1 fully saturated rings. The predicted octanol–water partition coefficient (Wildman–Crippen LogP) is 5.02. The van der Waals surface area contributed by atoms with E-state index in [-0.39, 0.29) is 11.5 Å². The van der Waals surface area contributed by atoms with Crippen molar-refractivity contribution < 1.29 is 14.3 Å². The summed E-state index contributed by atoms with van der Waals surface area (Å²) < 4.78 is 5.97. The highest BCUT2D eigenvalue weighted by atomic mass is 35.5. The van der Waals surface area contributed by atoms with Crippen molar-refractivity contribution in [1.29, 1.82) is 0 Å². The van der Waals surface area contributed by atoms with Crippen LogP contribution in [0.2, 0.25) is 5.02 Å². The number of ether oxygens (including phenoxy) is 1. The second-order valence-electron chi connectivity index (χ2n) is 9.86. The van der Waals surface area contributed by atoms with E-state index in [4.69, 9.17) is 21.1 Å². The zero-order valence-electron chi connectivity index (χ0n) is 22.5. The lowest BCUT2D eigenvalue weighted by atomic mass is 9.92. The highest BCUT2D eigenvalue weighted by Gasteiger charge is 2.31. The van der Waals surface area contributed by atoms with Crippen molar-refractivity contribution in [2.24, 2.45) is 16.8 Å². The van der Waals surface area contributed by atoms with Crippen LogP contribution in [0.5, 0.6) is 0 Å². The van der Waals surface area contributed by atoms with Crippen LogP contribution in [-0.4, -0.2) is 52.3 Å². The molecule has 1 aromatic rings. The maximum Gasteiger partial charge on any atom is 0.248 e. The van der Waals surface area contributed by atoms with E-state index in [1.54, 1.807) is 19.2 Å². The summed E-state index contributed by atoms with van der Waals surface area (Å²) in [6.07, 6.45) is 5.80. The zero-order chi connectivity index (χ0) is 27.1. The summed E-state index contributed by atoms with van der Waals surface area (Å²) in [7, 11) is 3.66. The third-order valence-corrected chi connectivity index (χ3v) is 6.18. The fourth-order valence-corrected chi connectivity index (χ4v) is 4.02. The molecule has 1 aliphatic carbocycles. The van der Waals surface area contributed by atoms with E-state index < -0.39 is 0 Å². The Kier molecular flexibility index (Phi) is 14.4. The summed E-state index contributed by atoms with van der Waals surface area (Å²) in [6.45, 7) is 13.5. The lowest BCUT2D eigenvalue weighted by Gasteiger charge is -2.24. The summed E-state index contributed by atoms with van der Waals surface area (Å²) >= 11 is 6.09. The summed E-state index contributed by atoms with van der Waals surface area (Å²) in [5.74, 6) is 0.788. The largest absolute Gasteiger partial charge is 0.376 e. The van der Waals surface area contributed by atoms with Gasteiger partial charge in [-0.1, -0.05) is 11.6 Å². The number of aliphatic imine (C=N–C) groups is 1. The van der Waals surface area contributed by atoms with E-state index >= 15 is 0 Å². The summed E-state index contributed by atoms with van der Waals surface area (Å²) in [5.41, 5.74) is 9.62. The van der Waals surface area contributed by atoms with Gasteiger partial charge < -0.3 is 25.6 Å². The molecule has 1 aliphatic rings. The highest BCUT2D eigenvalue weighted by Crippen LogP contribution is 2.38. The Hall–Kier alpha value is -2.42. The molecule has 9 heteroatoms. The SMILES string of the molecule is C=Nc1cc(Cl)ccc1NN/C(=C(/CCC(CCNC)CCOC(C)(C)C)C(=O)NC)C1CC1.C=O. The lowest BCUT2D eigenvalue weighted by molar-refractivity contribution is -0.117. The van der Waals surface area contributed by atoms with Gasteiger partial charge >= 0.3 is 0 Å². The fraction of sp³-hybridized carbons (Fsp3) is 0.593. The number of hydrazine groups is 1. The highest BCUT2D eigenvalue weighted by molar-refractivity contribution is 6.31. The molecule has 0 aliphatic heterocycles. The Balaban J connectivity index is 0.00000316. The molecule has 0 bridgehead atoms. The van der Waals surface area contributed by atoms with Gasteiger partial charge in [0, 0.05) is 35.9 Å². The van der Waals surface area contributed by atoms with Gasteiger partial charge in [0.05, 0.1) is 17.0 Å². The molecule has 1 aromatic carbocycles. The van der Waals surface area contributed by atoms with Crippen LogP contribution in [0.3, 0.4) is 0 Å². The monoisotopic (exact) mass is 521 g/mol. The molecule has 4 N–H and O–H groups in total. The van der Waals surface area contributed by atoms with Crippen molar-refractivity contribution in [3.8, 4) is 0 Å². The van der Waals surface area contributed by atoms with Crippen molar-refractivity contribution in [2.45, 2.75) is 64.9 Å². The van der Waals surface area contributed by atoms with Gasteiger partial charge in [-0.05, 0) is 104 Å². The van der Waals surface area contributed by atoms with Crippen LogP contribution in [0.15, 0.2) is 34.5 Å². The van der Waals surface area contributed by atoms with E-state index in [1.165, 1.54) is 0 Å². The molecule has 0 heterocycles. The minimum absolute atomic E-state index is 0.0346. The number of benzene rings is 1. The molecule has 0 spiro atoms. The number of nitrogens with one attached hydrogen (secondary N) is 4. The summed E-state index contributed by atoms with van der Waals surface area (Å²) in [4.78, 5) is 25.0. The number of carbonyl (C=O) groups is 2. The van der Waals surface area contributed by atoms with Crippen LogP contribution in [-0.2, 0) is 14.3 Å². The molecule has 0 radical (unpaired) electrons. The first-order valence-corrected chi connectivity index (χ1v) is 12.9. The van der Waals surface area contributed by atoms with E-state index in [0.717, 1.165) is 62.2 Å². The topological polar surface area (TPSA) is 104 Å². The molecule has 0 saturated heterocycles. The number of allylic oxidation sites excluding steroid dienone is 1. The first-order chi connectivity index (χ1) is 17.2. The summed E-state index contributed by atoms with van der Waals surface area (Å²) in [6, 6.07) is 5.41. The average molecular weight is 522 g/mol. The third-order valence-electron chi connectivity index (χ3n) is 5.94. The van der Waals surface area contributed by atoms with Gasteiger partial charge in [-0.25, -0.2) is 0 Å². The Morgan fingerprint density at radius 3 is 2.44 bits per heavy atom. The number of halogens is 1. The van der Waals surface area contributed by atoms with Gasteiger partial charge in [-0.2, -0.15) is 0 Å². The molecule has 202 valence electrons. The van der Waals surface area contributed by atoms with Gasteiger partial charge in [-0.3, -0.25) is 15.2 Å². The van der Waals surface area contributed by atoms with Crippen LogP contribution in [0.25, 0.3) is 0 Å². The van der Waals surface area contributed by atoms with Gasteiger partial charge in [0.2, 0.25) is 5.91 Å². The first kappa shape index (κ1) is 31.6. The normalized spacial score (nSPS) is 14.6. The summed E-state index contributed by atoms with van der Waals surface area (Å²) in [5, 5.41) is 6.69. The van der Waals surface area contributed by atoms with Crippen molar-refractivity contribution in [3.63, 3.8) is 0 Å². The van der Waals surface area contributed by atoms with E-state index in [9.17, 15) is 4.79 Å². The van der Waals surface area contributed by atoms with Crippen molar-refractivity contribution in [1.82, 2.24) is 16.1 Å². The number of hydrogen-bond acceptors (Lipinski definition) is 7. The average Bonchev–Trinajstić information content (AvgIpc) is 3.69. The number of nitrogens with zero attached hydrogens (tertiary/aromatic N) is 1. The second-order valence-corrected chi connectivity index (χ2v) is 10.3. The number of rotatable bonds is 15. The zero-order valence-corrected chi connectivity index (χ0v) is 23.3. The van der Waals surface area contributed by atoms with Crippen molar-refractivity contribution >= 4 is 42.4 Å². The van der Waals surface area contributed by atoms with Crippen LogP contribution < -0.4 is 21.5 Å². The molecule has 1 saturated carbocycles. The molecule has 36 heavy (non-hydrogen) atoms. The van der Waals surface area contributed by atoms with Crippen LogP contribution >= 0.6 is 11.6 Å². The smallest absolute Gasteiger partial charge is 0.248 e. The van der Waals surface area contributed by atoms with E-state index in [2.05, 4.69) is 54.0 Å². The minimum atomic E-state index is -0.143. The molecule has 2 rings (SSSR count). The molecule has 1 amide bonds. The Morgan fingerprint density at radius 2 is 1.89 bits per heavy atom. The maximum absolute atomic E-state index is 12.9. The number of likely N-dealkylation sites (N-methyl/N-ethyl adjacent to an activating group) is 1. The molecule has 0 aromatic heterocycles. The molecular formula is C27H44ClN5O3. The van der Waals surface area contributed by atoms with Gasteiger partial charge in [-0.15, -0.1) is 0 Å². The molecule has 8 nitrogen and oxygen atoms in total. The molecular weight excluding hydrogens is 478 g/mol. The quantitative estimate of drug-likeness (QED) is 0.147. The Bertz CT molecular complexity index is 865. The van der Waals surface area contributed by atoms with Crippen LogP contribution in [0, 0.1) is 11.8 Å². The standard InChI is InChI=1S/C26H42ClN5O2.CH2O/c1-26(2,3)34-16-14-18(13-15-28-4)7-11-21(25(33)30-6)24(19-8-9-19)32-31-22-12-10-20(27)17-23(22)29-5;1-2/h10,12,17-19,28,31-32H,5,7-9,11,13-16H2,1-4,6H3,(H,30,33);1H2/b24-21-;. The first-order valence-electron chi connectivity index (χ1n) is 12.5. The second kappa shape index (κ2) is 16.3. The fourth-order valence-electron chi connectivity index (χ4n) is 3.86. The van der Waals surface area contributed by atoms with Crippen LogP contribution in [0.1, 0.15) is 59.3 Å². The number of carbonyl (C=O) groups excluding carboxylic acids is 2. The van der Waals surface area contributed by atoms with Crippen molar-refractivity contribution in [3.05, 3.63) is 34.5 Å². The lowest BCUT2D eigenvalue weighted by Crippen LogP contribution is -2.30. The molecule has 1 atom stereocenters. The Labute approximate surface area is 221 Å². The number of amides is 1. The van der Waals surface area contributed by atoms with E-state index in [1.807, 2.05) is 19.9 Å². The van der Waals surface area contributed by atoms with E-state index in [0.29, 0.717) is 29.0 Å². The molecule has 1 unspecified atom stereocenters.